The Morgan fingerprint density at radius 3 is 2.68 bits per heavy atom. The minimum absolute atomic E-state index is 0.132. The summed E-state index contributed by atoms with van der Waals surface area (Å²) in [6.45, 7) is 9.02. The first kappa shape index (κ1) is 16.8. The highest BCUT2D eigenvalue weighted by molar-refractivity contribution is 5.68. The number of ether oxygens (including phenoxy) is 1. The van der Waals surface area contributed by atoms with Crippen molar-refractivity contribution in [2.75, 3.05) is 13.1 Å². The molecule has 1 fully saturated rings. The molecule has 0 aromatic heterocycles. The number of benzene rings is 1. The summed E-state index contributed by atoms with van der Waals surface area (Å²) in [5.41, 5.74) is 1.89. The van der Waals surface area contributed by atoms with E-state index in [1.54, 1.807) is 4.90 Å². The van der Waals surface area contributed by atoms with Gasteiger partial charge in [0.05, 0.1) is 18.7 Å². The molecule has 1 aromatic rings. The fourth-order valence-corrected chi connectivity index (χ4v) is 2.51. The van der Waals surface area contributed by atoms with Gasteiger partial charge in [0.2, 0.25) is 0 Å². The Hall–Kier alpha value is -1.59. The molecule has 5 heteroatoms. The van der Waals surface area contributed by atoms with E-state index in [-0.39, 0.29) is 12.1 Å². The molecule has 1 aromatic carbocycles. The number of carbonyl (C=O) groups is 1. The molecule has 2 rings (SSSR count). The number of rotatable bonds is 3. The average Bonchev–Trinajstić information content (AvgIpc) is 2.78. The number of aryl methyl sites for hydroxylation is 1. The predicted octanol–water partition coefficient (Wildman–Crippen LogP) is 2.06. The normalized spacial score (nSPS) is 22.0. The van der Waals surface area contributed by atoms with Gasteiger partial charge in [-0.25, -0.2) is 4.79 Å². The van der Waals surface area contributed by atoms with Crippen molar-refractivity contribution in [3.8, 4) is 0 Å². The Morgan fingerprint density at radius 1 is 1.36 bits per heavy atom. The van der Waals surface area contributed by atoms with Gasteiger partial charge in [-0.2, -0.15) is 0 Å². The van der Waals surface area contributed by atoms with Crippen molar-refractivity contribution in [2.24, 2.45) is 0 Å². The molecular formula is C17H26N2O3. The van der Waals surface area contributed by atoms with Crippen molar-refractivity contribution in [3.63, 3.8) is 0 Å². The van der Waals surface area contributed by atoms with Gasteiger partial charge in [0, 0.05) is 13.1 Å². The highest BCUT2D eigenvalue weighted by Crippen LogP contribution is 2.16. The lowest BCUT2D eigenvalue weighted by Crippen LogP contribution is -2.39. The van der Waals surface area contributed by atoms with Gasteiger partial charge in [-0.1, -0.05) is 24.3 Å². The molecule has 1 heterocycles. The molecule has 0 bridgehead atoms. The van der Waals surface area contributed by atoms with Crippen LogP contribution in [0, 0.1) is 6.92 Å². The van der Waals surface area contributed by atoms with Gasteiger partial charge in [0.15, 0.2) is 0 Å². The van der Waals surface area contributed by atoms with E-state index in [2.05, 4.69) is 24.4 Å². The molecule has 0 radical (unpaired) electrons. The van der Waals surface area contributed by atoms with Crippen LogP contribution in [0.1, 0.15) is 31.9 Å². The Morgan fingerprint density at radius 2 is 2.05 bits per heavy atom. The largest absolute Gasteiger partial charge is 0.444 e. The molecule has 22 heavy (non-hydrogen) atoms. The van der Waals surface area contributed by atoms with E-state index in [9.17, 15) is 9.90 Å². The van der Waals surface area contributed by atoms with E-state index in [4.69, 9.17) is 4.74 Å². The Bertz CT molecular complexity index is 525. The molecule has 2 N–H and O–H groups in total. The van der Waals surface area contributed by atoms with Crippen LogP contribution in [-0.4, -0.2) is 46.9 Å². The van der Waals surface area contributed by atoms with Gasteiger partial charge in [-0.05, 0) is 38.8 Å². The minimum atomic E-state index is -0.573. The standard InChI is InChI=1S/C17H26N2O3/c1-12-7-5-6-8-13(12)9-18-14-10-19(11-15(14)20)16(21)22-17(2,3)4/h5-8,14-15,18,20H,9-11H2,1-4H3/t14-,15-/m1/s1. The summed E-state index contributed by atoms with van der Waals surface area (Å²) >= 11 is 0. The molecule has 0 unspecified atom stereocenters. The Balaban J connectivity index is 1.89. The van der Waals surface area contributed by atoms with Crippen LogP contribution in [0.2, 0.25) is 0 Å². The summed E-state index contributed by atoms with van der Waals surface area (Å²) in [7, 11) is 0. The zero-order valence-electron chi connectivity index (χ0n) is 13.8. The second kappa shape index (κ2) is 6.67. The van der Waals surface area contributed by atoms with Crippen LogP contribution >= 0.6 is 0 Å². The summed E-state index contributed by atoms with van der Waals surface area (Å²) in [5, 5.41) is 13.5. The molecule has 1 aliphatic rings. The lowest BCUT2D eigenvalue weighted by atomic mass is 10.1. The molecule has 0 saturated carbocycles. The maximum Gasteiger partial charge on any atom is 0.410 e. The van der Waals surface area contributed by atoms with Crippen LogP contribution in [-0.2, 0) is 11.3 Å². The molecule has 1 aliphatic heterocycles. The van der Waals surface area contributed by atoms with E-state index in [0.717, 1.165) is 0 Å². The molecule has 5 nitrogen and oxygen atoms in total. The van der Waals surface area contributed by atoms with Crippen LogP contribution in [0.25, 0.3) is 0 Å². The second-order valence-electron chi connectivity index (χ2n) is 6.87. The maximum absolute atomic E-state index is 12.0. The van der Waals surface area contributed by atoms with Crippen molar-refractivity contribution < 1.29 is 14.6 Å². The average molecular weight is 306 g/mol. The van der Waals surface area contributed by atoms with Crippen LogP contribution in [0.3, 0.4) is 0 Å². The van der Waals surface area contributed by atoms with Crippen molar-refractivity contribution in [3.05, 3.63) is 35.4 Å². The first-order valence-electron chi connectivity index (χ1n) is 7.70. The Labute approximate surface area is 132 Å². The van der Waals surface area contributed by atoms with Crippen molar-refractivity contribution in [1.82, 2.24) is 10.2 Å². The van der Waals surface area contributed by atoms with Gasteiger partial charge in [-0.3, -0.25) is 0 Å². The number of likely N-dealkylation sites (tertiary alicyclic amines) is 1. The molecule has 2 atom stereocenters. The number of hydrogen-bond donors (Lipinski definition) is 2. The first-order valence-corrected chi connectivity index (χ1v) is 7.70. The SMILES string of the molecule is Cc1ccccc1CN[C@@H]1CN(C(=O)OC(C)(C)C)C[C@H]1O. The van der Waals surface area contributed by atoms with Crippen LogP contribution in [0.5, 0.6) is 0 Å². The van der Waals surface area contributed by atoms with Gasteiger partial charge < -0.3 is 20.1 Å². The fourth-order valence-electron chi connectivity index (χ4n) is 2.51. The summed E-state index contributed by atoms with van der Waals surface area (Å²) in [6, 6.07) is 8.01. The topological polar surface area (TPSA) is 61.8 Å². The van der Waals surface area contributed by atoms with Gasteiger partial charge >= 0.3 is 6.09 Å². The molecule has 0 aliphatic carbocycles. The zero-order valence-corrected chi connectivity index (χ0v) is 13.8. The molecule has 1 saturated heterocycles. The quantitative estimate of drug-likeness (QED) is 0.897. The summed E-state index contributed by atoms with van der Waals surface area (Å²) in [5.74, 6) is 0. The van der Waals surface area contributed by atoms with Crippen LogP contribution < -0.4 is 5.32 Å². The third kappa shape index (κ3) is 4.45. The zero-order chi connectivity index (χ0) is 16.3. The van der Waals surface area contributed by atoms with Gasteiger partial charge in [0.25, 0.3) is 0 Å². The summed E-state index contributed by atoms with van der Waals surface area (Å²) < 4.78 is 5.35. The number of nitrogens with one attached hydrogen (secondary N) is 1. The highest BCUT2D eigenvalue weighted by Gasteiger charge is 2.35. The maximum atomic E-state index is 12.0. The monoisotopic (exact) mass is 306 g/mol. The smallest absolute Gasteiger partial charge is 0.410 e. The highest BCUT2D eigenvalue weighted by atomic mass is 16.6. The first-order chi connectivity index (χ1) is 10.3. The summed E-state index contributed by atoms with van der Waals surface area (Å²) in [4.78, 5) is 13.6. The lowest BCUT2D eigenvalue weighted by molar-refractivity contribution is 0.0270. The van der Waals surface area contributed by atoms with E-state index >= 15 is 0 Å². The second-order valence-corrected chi connectivity index (χ2v) is 6.87. The van der Waals surface area contributed by atoms with Crippen molar-refractivity contribution >= 4 is 6.09 Å². The third-order valence-electron chi connectivity index (χ3n) is 3.76. The molecule has 122 valence electrons. The molecule has 0 spiro atoms. The van der Waals surface area contributed by atoms with Gasteiger partial charge in [0.1, 0.15) is 5.60 Å². The molecule has 1 amide bonds. The predicted molar refractivity (Wildman–Crippen MR) is 85.6 cm³/mol. The Kier molecular flexibility index (Phi) is 5.08. The number of carbonyl (C=O) groups excluding carboxylic acids is 1. The third-order valence-corrected chi connectivity index (χ3v) is 3.76. The number of hydrogen-bond acceptors (Lipinski definition) is 4. The van der Waals surface area contributed by atoms with E-state index in [1.807, 2.05) is 32.9 Å². The number of amides is 1. The minimum Gasteiger partial charge on any atom is -0.444 e. The lowest BCUT2D eigenvalue weighted by Gasteiger charge is -2.24. The van der Waals surface area contributed by atoms with Gasteiger partial charge in [-0.15, -0.1) is 0 Å². The van der Waals surface area contributed by atoms with Crippen molar-refractivity contribution in [1.29, 1.82) is 0 Å². The van der Waals surface area contributed by atoms with E-state index in [0.29, 0.717) is 19.6 Å². The number of nitrogens with zero attached hydrogens (tertiary/aromatic N) is 1. The van der Waals surface area contributed by atoms with Crippen LogP contribution in [0.4, 0.5) is 4.79 Å². The van der Waals surface area contributed by atoms with E-state index < -0.39 is 11.7 Å². The number of β-amino-alcohol motifs (C(OH)–C–C–N with tert-alkyl or cyclic N) is 1. The number of aliphatic hydroxyl groups is 1. The number of aliphatic hydroxyl groups excluding tert-OH is 1. The summed E-state index contributed by atoms with van der Waals surface area (Å²) in [6.07, 6.45) is -0.941. The van der Waals surface area contributed by atoms with E-state index in [1.165, 1.54) is 11.1 Å². The fraction of sp³-hybridized carbons (Fsp3) is 0.588. The van der Waals surface area contributed by atoms with Crippen molar-refractivity contribution in [2.45, 2.75) is 52.0 Å². The molecular weight excluding hydrogens is 280 g/mol. The van der Waals surface area contributed by atoms with Crippen LogP contribution in [0.15, 0.2) is 24.3 Å².